The lowest BCUT2D eigenvalue weighted by Gasteiger charge is -2.46. The zero-order valence-electron chi connectivity index (χ0n) is 64.2. The third kappa shape index (κ3) is 9.42. The standard InChI is InChI=1S/C94H61BN6/c1-8-26-62(27-9-1)69-44-50-86-76(52-69)74-40-22-24-42-84(74)98(86)72-46-48-82-88(56-72)100(93-78(65-32-14-4-15-33-65)58-96-59-79(93)66-34-16-5-17-35-66)90-54-71(64-30-12-3-13-31-64)55-91-92(90)95(82)83-49-47-73(99-85-43-25-23-41-75(85)77-53-70(45-51-87(77)99)63-28-10-2-11-29-63)57-89(83)101(91)94-80(67-36-18-6-19-37-67)60-97-61-81(94)68-38-20-7-21-39-68/h1-61H/i1D,2D,8D,9D,10D,11D,26D,27D,28D,29D. The minimum atomic E-state index is -0.458. The van der Waals surface area contributed by atoms with Crippen LogP contribution in [0, 0.1) is 0 Å². The zero-order chi connectivity index (χ0) is 75.2. The van der Waals surface area contributed by atoms with E-state index in [0.29, 0.717) is 11.1 Å². The number of benzene rings is 14. The summed E-state index contributed by atoms with van der Waals surface area (Å²) in [5.41, 5.74) is 24.5. The fourth-order valence-corrected chi connectivity index (χ4v) is 15.8. The van der Waals surface area contributed by atoms with Crippen molar-refractivity contribution in [2.45, 2.75) is 0 Å². The number of hydrogen-bond acceptors (Lipinski definition) is 4. The maximum Gasteiger partial charge on any atom is 0.252 e. The van der Waals surface area contributed by atoms with Crippen LogP contribution in [0.15, 0.2) is 370 Å². The highest BCUT2D eigenvalue weighted by Crippen LogP contribution is 2.54. The van der Waals surface area contributed by atoms with Crippen molar-refractivity contribution in [3.8, 4) is 89.3 Å². The van der Waals surface area contributed by atoms with Crippen molar-refractivity contribution in [1.29, 1.82) is 0 Å². The number of anilines is 6. The summed E-state index contributed by atoms with van der Waals surface area (Å²) in [6, 6.07) is 95.6. The highest BCUT2D eigenvalue weighted by Gasteiger charge is 2.46. The first-order valence-electron chi connectivity index (χ1n) is 38.8. The van der Waals surface area contributed by atoms with Gasteiger partial charge in [-0.05, 0) is 145 Å². The van der Waals surface area contributed by atoms with E-state index in [1.165, 1.54) is 0 Å². The summed E-state index contributed by atoms with van der Waals surface area (Å²) in [6.07, 6.45) is 7.96. The molecule has 7 heteroatoms. The highest BCUT2D eigenvalue weighted by atomic mass is 15.2. The lowest BCUT2D eigenvalue weighted by Crippen LogP contribution is -2.61. The van der Waals surface area contributed by atoms with Crippen LogP contribution in [0.3, 0.4) is 0 Å². The van der Waals surface area contributed by atoms with Crippen molar-refractivity contribution in [2.75, 3.05) is 9.80 Å². The smallest absolute Gasteiger partial charge is 0.252 e. The molecule has 0 aliphatic carbocycles. The zero-order valence-corrected chi connectivity index (χ0v) is 54.2. The van der Waals surface area contributed by atoms with Gasteiger partial charge in [0.15, 0.2) is 0 Å². The van der Waals surface area contributed by atoms with Gasteiger partial charge in [-0.3, -0.25) is 9.97 Å². The molecule has 470 valence electrons. The second-order valence-corrected chi connectivity index (χ2v) is 25.7. The predicted octanol–water partition coefficient (Wildman–Crippen LogP) is 22.4. The topological polar surface area (TPSA) is 42.1 Å². The molecule has 2 aliphatic heterocycles. The van der Waals surface area contributed by atoms with Gasteiger partial charge in [0.2, 0.25) is 0 Å². The Hall–Kier alpha value is -13.4. The molecule has 4 aromatic heterocycles. The number of para-hydroxylation sites is 2. The Labute approximate surface area is 600 Å². The molecule has 18 aromatic rings. The normalized spacial score (nSPS) is 13.7. The molecule has 101 heavy (non-hydrogen) atoms. The number of pyridine rings is 2. The second kappa shape index (κ2) is 23.7. The van der Waals surface area contributed by atoms with Gasteiger partial charge in [-0.25, -0.2) is 0 Å². The molecule has 0 saturated heterocycles. The molecule has 0 spiro atoms. The molecule has 0 unspecified atom stereocenters. The van der Waals surface area contributed by atoms with Crippen LogP contribution in [0.4, 0.5) is 34.1 Å². The largest absolute Gasteiger partial charge is 0.310 e. The Morgan fingerprint density at radius 3 is 0.990 bits per heavy atom. The molecule has 0 fully saturated rings. The average Bonchev–Trinajstić information content (AvgIpc) is 1.09. The fourth-order valence-electron chi connectivity index (χ4n) is 15.8. The van der Waals surface area contributed by atoms with Crippen LogP contribution in [0.1, 0.15) is 13.7 Å². The monoisotopic (exact) mass is 1290 g/mol. The summed E-state index contributed by atoms with van der Waals surface area (Å²) in [5.74, 6) is 0. The van der Waals surface area contributed by atoms with Gasteiger partial charge in [-0.1, -0.05) is 273 Å². The van der Waals surface area contributed by atoms with Gasteiger partial charge < -0.3 is 18.9 Å². The van der Waals surface area contributed by atoms with Crippen LogP contribution in [0.25, 0.3) is 133 Å². The van der Waals surface area contributed by atoms with E-state index >= 15 is 0 Å². The molecular weight excluding hydrogens is 1220 g/mol. The van der Waals surface area contributed by atoms with Crippen molar-refractivity contribution in [2.24, 2.45) is 0 Å². The van der Waals surface area contributed by atoms with Crippen LogP contribution in [0.2, 0.25) is 0 Å². The van der Waals surface area contributed by atoms with Crippen molar-refractivity contribution >= 4 is 101 Å². The summed E-state index contributed by atoms with van der Waals surface area (Å²) >= 11 is 0. The van der Waals surface area contributed by atoms with Crippen LogP contribution >= 0.6 is 0 Å². The molecule has 14 aromatic carbocycles. The number of aromatic nitrogens is 4. The van der Waals surface area contributed by atoms with E-state index < -0.39 is 43.0 Å². The Kier molecular flexibility index (Phi) is 11.4. The summed E-state index contributed by atoms with van der Waals surface area (Å²) in [5, 5.41) is 3.52. The van der Waals surface area contributed by atoms with Gasteiger partial charge in [0, 0.05) is 103 Å². The maximum atomic E-state index is 9.10. The third-order valence-electron chi connectivity index (χ3n) is 20.2. The first kappa shape index (κ1) is 48.4. The molecule has 0 atom stereocenters. The van der Waals surface area contributed by atoms with Crippen LogP contribution < -0.4 is 26.2 Å². The summed E-state index contributed by atoms with van der Waals surface area (Å²) in [6.45, 7) is -0.458. The molecular formula is C94H61BN6. The van der Waals surface area contributed by atoms with Crippen LogP contribution in [-0.4, -0.2) is 25.8 Å². The fraction of sp³-hybridized carbons (Fsp3) is 0. The number of rotatable bonds is 11. The number of hydrogen-bond donors (Lipinski definition) is 0. The van der Waals surface area contributed by atoms with Gasteiger partial charge in [0.05, 0.1) is 47.1 Å². The molecule has 6 nitrogen and oxygen atoms in total. The van der Waals surface area contributed by atoms with E-state index in [1.54, 1.807) is 0 Å². The van der Waals surface area contributed by atoms with Gasteiger partial charge in [0.1, 0.15) is 0 Å². The molecule has 0 amide bonds. The minimum absolute atomic E-state index is 0.131. The van der Waals surface area contributed by atoms with Crippen LogP contribution in [0.5, 0.6) is 0 Å². The van der Waals surface area contributed by atoms with Gasteiger partial charge >= 0.3 is 0 Å². The van der Waals surface area contributed by atoms with E-state index in [2.05, 4.69) is 219 Å². The summed E-state index contributed by atoms with van der Waals surface area (Å²) < 4.78 is 92.6. The van der Waals surface area contributed by atoms with Crippen molar-refractivity contribution in [1.82, 2.24) is 19.1 Å². The Morgan fingerprint density at radius 2 is 0.604 bits per heavy atom. The van der Waals surface area contributed by atoms with Gasteiger partial charge in [-0.2, -0.15) is 0 Å². The number of fused-ring (bicyclic) bond motifs is 10. The Bertz CT molecular complexity index is 6360. The Morgan fingerprint density at radius 1 is 0.257 bits per heavy atom. The lowest BCUT2D eigenvalue weighted by molar-refractivity contribution is 1.16. The molecule has 6 heterocycles. The average molecular weight is 1300 g/mol. The Balaban J connectivity index is 0.920. The SMILES string of the molecule is [2H]c1c([2H])c([2H])c(-c2ccc3c(c2)c2ccccc2n3-c2ccc3c(c2)N(c2c(-c4ccccc4)cncc2-c2ccccc2)c2cc(-c4ccccc4)cc4c2B3c2ccc(-n3c5ccccc5c5cc(-c6c([2H])c([2H])c([2H])c([2H])c6[2H])ccc53)cc2N4c2c(-c3ccccc3)cncc2-c2ccccc2)c([2H])c1[2H]. The van der Waals surface area contributed by atoms with E-state index in [4.69, 9.17) is 23.7 Å². The highest BCUT2D eigenvalue weighted by molar-refractivity contribution is 7.00. The van der Waals surface area contributed by atoms with Gasteiger partial charge in [-0.15, -0.1) is 0 Å². The predicted molar refractivity (Wildman–Crippen MR) is 423 cm³/mol. The van der Waals surface area contributed by atoms with E-state index in [0.717, 1.165) is 161 Å². The third-order valence-corrected chi connectivity index (χ3v) is 20.2. The summed E-state index contributed by atoms with van der Waals surface area (Å²) in [4.78, 5) is 15.3. The first-order valence-corrected chi connectivity index (χ1v) is 33.8. The van der Waals surface area contributed by atoms with Crippen molar-refractivity contribution < 1.29 is 13.7 Å². The van der Waals surface area contributed by atoms with E-state index in [-0.39, 0.29) is 35.3 Å². The maximum absolute atomic E-state index is 9.10. The molecule has 20 rings (SSSR count). The number of nitrogens with zero attached hydrogens (tertiary/aromatic N) is 6. The van der Waals surface area contributed by atoms with Crippen LogP contribution in [-0.2, 0) is 0 Å². The molecule has 2 aliphatic rings. The molecule has 0 saturated carbocycles. The lowest BCUT2D eigenvalue weighted by atomic mass is 9.33. The summed E-state index contributed by atoms with van der Waals surface area (Å²) in [7, 11) is 0. The molecule has 0 radical (unpaired) electrons. The minimum Gasteiger partial charge on any atom is -0.310 e. The first-order chi connectivity index (χ1) is 54.3. The van der Waals surface area contributed by atoms with E-state index in [9.17, 15) is 0 Å². The molecule has 0 N–H and O–H groups in total. The quantitative estimate of drug-likeness (QED) is 0.121. The second-order valence-electron chi connectivity index (χ2n) is 25.7. The van der Waals surface area contributed by atoms with Gasteiger partial charge in [0.25, 0.3) is 6.71 Å². The van der Waals surface area contributed by atoms with Crippen molar-refractivity contribution in [3.05, 3.63) is 370 Å². The van der Waals surface area contributed by atoms with E-state index in [1.807, 2.05) is 110 Å². The molecule has 0 bridgehead atoms. The van der Waals surface area contributed by atoms with Crippen molar-refractivity contribution in [3.63, 3.8) is 0 Å².